The van der Waals surface area contributed by atoms with Crippen LogP contribution < -0.4 is 5.32 Å². The summed E-state index contributed by atoms with van der Waals surface area (Å²) in [5, 5.41) is 61.4. The van der Waals surface area contributed by atoms with Crippen LogP contribution in [-0.4, -0.2) is 111 Å². The molecular formula is C16H29NO11Y-2. The Morgan fingerprint density at radius 1 is 0.966 bits per heavy atom. The van der Waals surface area contributed by atoms with Gasteiger partial charge in [-0.1, -0.05) is 0 Å². The van der Waals surface area contributed by atoms with Crippen molar-refractivity contribution < 1.29 is 87.1 Å². The van der Waals surface area contributed by atoms with Gasteiger partial charge in [-0.25, -0.2) is 7.11 Å². The summed E-state index contributed by atoms with van der Waals surface area (Å²) in [5.41, 5.74) is 0. The molecule has 29 heavy (non-hydrogen) atoms. The first-order valence-corrected chi connectivity index (χ1v) is 8.33. The Kier molecular flexibility index (Phi) is 13.0. The topological polar surface area (TPSA) is 187 Å². The molecule has 2 rings (SSSR count). The molecule has 0 spiro atoms. The smallest absolute Gasteiger partial charge is 0.217 e. The summed E-state index contributed by atoms with van der Waals surface area (Å²) in [6.45, 7) is -0.0713. The van der Waals surface area contributed by atoms with Crippen LogP contribution in [0.4, 0.5) is 0 Å². The van der Waals surface area contributed by atoms with E-state index in [9.17, 15) is 35.4 Å². The monoisotopic (exact) mass is 500 g/mol. The van der Waals surface area contributed by atoms with Gasteiger partial charge in [0.1, 0.15) is 48.8 Å². The van der Waals surface area contributed by atoms with Crippen LogP contribution in [0.3, 0.4) is 0 Å². The Bertz CT molecular complexity index is 499. The second-order valence-corrected chi connectivity index (χ2v) is 6.41. The molecule has 0 aromatic rings. The van der Waals surface area contributed by atoms with E-state index in [-0.39, 0.29) is 40.1 Å². The summed E-state index contributed by atoms with van der Waals surface area (Å²) < 4.78 is 21.0. The molecular weight excluding hydrogens is 471 g/mol. The largest absolute Gasteiger partial charge is 0.531 e. The van der Waals surface area contributed by atoms with E-state index in [2.05, 4.69) is 12.4 Å². The maximum absolute atomic E-state index is 11.5. The summed E-state index contributed by atoms with van der Waals surface area (Å²) in [6.07, 6.45) is -12.9. The zero-order valence-corrected chi connectivity index (χ0v) is 19.0. The van der Waals surface area contributed by atoms with E-state index >= 15 is 0 Å². The molecule has 1 radical (unpaired) electrons. The second kappa shape index (κ2) is 12.9. The molecule has 0 aromatic heterocycles. The van der Waals surface area contributed by atoms with Crippen molar-refractivity contribution in [1.82, 2.24) is 5.32 Å². The van der Waals surface area contributed by atoms with E-state index in [1.54, 1.807) is 0 Å². The number of carbonyl (C=O) groups excluding carboxylic acids is 1. The molecule has 1 amide bonds. The Labute approximate surface area is 194 Å². The van der Waals surface area contributed by atoms with Crippen LogP contribution in [0.5, 0.6) is 0 Å². The van der Waals surface area contributed by atoms with Crippen molar-refractivity contribution in [2.75, 3.05) is 13.2 Å². The number of hydrogen-bond donors (Lipinski definition) is 7. The molecule has 0 aliphatic carbocycles. The van der Waals surface area contributed by atoms with Crippen LogP contribution in [0.25, 0.3) is 0 Å². The Balaban J connectivity index is 0.00000392. The first-order chi connectivity index (χ1) is 12.7. The predicted molar refractivity (Wildman–Crippen MR) is 90.9 cm³/mol. The van der Waals surface area contributed by atoms with Crippen LogP contribution in [0.15, 0.2) is 0 Å². The molecule has 12 nitrogen and oxygen atoms in total. The summed E-state index contributed by atoms with van der Waals surface area (Å²) in [5.74, 6) is -0.511. The molecule has 2 aliphatic heterocycles. The minimum atomic E-state index is -1.72. The Hall–Kier alpha value is 0.174. The van der Waals surface area contributed by atoms with Crippen molar-refractivity contribution >= 4 is 5.91 Å². The van der Waals surface area contributed by atoms with Gasteiger partial charge in [0.2, 0.25) is 5.91 Å². The third-order valence-electron chi connectivity index (χ3n) is 4.53. The zero-order chi connectivity index (χ0) is 20.3. The summed E-state index contributed by atoms with van der Waals surface area (Å²) >= 11 is 0. The van der Waals surface area contributed by atoms with Crippen molar-refractivity contribution in [3.63, 3.8) is 0 Å². The van der Waals surface area contributed by atoms with Gasteiger partial charge in [0.15, 0.2) is 12.6 Å². The number of nitrogens with one attached hydrogen (secondary N) is 1. The van der Waals surface area contributed by atoms with Gasteiger partial charge in [0, 0.05) is 39.6 Å². The predicted octanol–water partition coefficient (Wildman–Crippen LogP) is -3.99. The van der Waals surface area contributed by atoms with E-state index in [1.807, 2.05) is 0 Å². The Morgan fingerprint density at radius 2 is 1.48 bits per heavy atom. The van der Waals surface area contributed by atoms with E-state index in [0.29, 0.717) is 0 Å². The van der Waals surface area contributed by atoms with E-state index in [0.717, 1.165) is 0 Å². The molecule has 7 N–H and O–H groups in total. The molecule has 2 fully saturated rings. The SMILES string of the molecule is [CH2-]O[C@H]1OC(CO)[C@@H](O)C(O[C@@H]2OC(CO)[C@H](O)[C@H](O)C2O)C1NC(C)=O.[CH3-].[Y]. The van der Waals surface area contributed by atoms with Crippen molar-refractivity contribution in [3.05, 3.63) is 14.5 Å². The van der Waals surface area contributed by atoms with Gasteiger partial charge in [0.25, 0.3) is 0 Å². The van der Waals surface area contributed by atoms with Crippen molar-refractivity contribution in [1.29, 1.82) is 0 Å². The minimum absolute atomic E-state index is 0. The molecule has 0 aromatic carbocycles. The van der Waals surface area contributed by atoms with E-state index in [1.165, 1.54) is 6.92 Å². The maximum Gasteiger partial charge on any atom is 0.217 e. The van der Waals surface area contributed by atoms with Crippen LogP contribution in [0, 0.1) is 14.5 Å². The summed E-state index contributed by atoms with van der Waals surface area (Å²) in [7, 11) is 3.22. The fraction of sp³-hybridized carbons (Fsp3) is 0.812. The minimum Gasteiger partial charge on any atom is -0.531 e. The van der Waals surface area contributed by atoms with Gasteiger partial charge >= 0.3 is 0 Å². The van der Waals surface area contributed by atoms with Gasteiger partial charge in [-0.15, -0.1) is 0 Å². The van der Waals surface area contributed by atoms with Crippen LogP contribution >= 0.6 is 0 Å². The van der Waals surface area contributed by atoms with Crippen molar-refractivity contribution in [3.8, 4) is 0 Å². The number of aliphatic hydroxyl groups is 6. The average Bonchev–Trinajstić information content (AvgIpc) is 2.64. The van der Waals surface area contributed by atoms with Crippen molar-refractivity contribution in [2.24, 2.45) is 0 Å². The second-order valence-electron chi connectivity index (χ2n) is 6.41. The first-order valence-electron chi connectivity index (χ1n) is 8.33. The van der Waals surface area contributed by atoms with Gasteiger partial charge in [-0.05, 0) is 0 Å². The number of ether oxygens (including phenoxy) is 4. The average molecular weight is 500 g/mol. The molecule has 0 bridgehead atoms. The maximum atomic E-state index is 11.5. The number of amides is 1. The summed E-state index contributed by atoms with van der Waals surface area (Å²) in [4.78, 5) is 11.5. The van der Waals surface area contributed by atoms with Crippen LogP contribution in [0.2, 0.25) is 0 Å². The standard InChI is InChI=1S/C15H26NO11.CH3.Y/c1-5(19)16-8-13(10(21)7(4-18)25-14(8)24-2)27-15-12(23)11(22)9(20)6(3-17)26-15;;/h6-15,17-18,20-23H,2-4H2,1H3,(H,16,19);1H3;/q2*-1;/t6?,7?,8?,9-,10+,11-,12?,13?,14-,15-;;/m0../s1. The molecule has 2 aliphatic rings. The van der Waals surface area contributed by atoms with Gasteiger partial charge in [-0.3, -0.25) is 4.79 Å². The van der Waals surface area contributed by atoms with E-state index in [4.69, 9.17) is 18.9 Å². The molecule has 2 saturated heterocycles. The number of rotatable bonds is 6. The molecule has 0 saturated carbocycles. The van der Waals surface area contributed by atoms with Crippen molar-refractivity contribution in [2.45, 2.75) is 68.3 Å². The summed E-state index contributed by atoms with van der Waals surface area (Å²) in [6, 6.07) is -1.11. The number of carbonyl (C=O) groups is 1. The molecule has 10 atom stereocenters. The Morgan fingerprint density at radius 3 is 1.97 bits per heavy atom. The molecule has 169 valence electrons. The molecule has 5 unspecified atom stereocenters. The zero-order valence-electron chi connectivity index (χ0n) is 16.2. The fourth-order valence-corrected chi connectivity index (χ4v) is 3.09. The number of aliphatic hydroxyl groups excluding tert-OH is 6. The molecule has 2 heterocycles. The quantitative estimate of drug-likeness (QED) is 0.176. The van der Waals surface area contributed by atoms with Gasteiger partial charge in [0.05, 0.1) is 13.2 Å². The number of hydrogen-bond acceptors (Lipinski definition) is 11. The van der Waals surface area contributed by atoms with Gasteiger partial charge < -0.3 is 62.3 Å². The third kappa shape index (κ3) is 6.58. The van der Waals surface area contributed by atoms with Gasteiger partial charge in [-0.2, -0.15) is 0 Å². The molecule has 13 heteroatoms. The fourth-order valence-electron chi connectivity index (χ4n) is 3.09. The van der Waals surface area contributed by atoms with Crippen LogP contribution in [0.1, 0.15) is 6.92 Å². The first kappa shape index (κ1) is 29.2. The van der Waals surface area contributed by atoms with E-state index < -0.39 is 80.5 Å². The van der Waals surface area contributed by atoms with Crippen LogP contribution in [-0.2, 0) is 56.5 Å². The third-order valence-corrected chi connectivity index (χ3v) is 4.53. The normalized spacial score (nSPS) is 42.3.